The molecule has 0 aliphatic carbocycles. The van der Waals surface area contributed by atoms with Gasteiger partial charge in [0.05, 0.1) is 6.10 Å². The number of carbonyl (C=O) groups excluding carboxylic acids is 1. The summed E-state index contributed by atoms with van der Waals surface area (Å²) in [5.74, 6) is 0.238. The number of ketones is 1. The molecular weight excluding hydrogens is 228 g/mol. The number of Topliss-reactive ketones (excluding diaryl/α,β-unsaturated/α-hetero) is 1. The van der Waals surface area contributed by atoms with Crippen LogP contribution < -0.4 is 0 Å². The predicted molar refractivity (Wildman–Crippen MR) is 72.7 cm³/mol. The predicted octanol–water partition coefficient (Wildman–Crippen LogP) is 3.36. The summed E-state index contributed by atoms with van der Waals surface area (Å²) in [5, 5.41) is 0. The molecule has 3 heteroatoms. The highest BCUT2D eigenvalue weighted by Gasteiger charge is 2.31. The maximum atomic E-state index is 12.2. The van der Waals surface area contributed by atoms with Crippen molar-refractivity contribution >= 4 is 5.78 Å². The molecular formula is C15H28O3. The third kappa shape index (κ3) is 5.07. The van der Waals surface area contributed by atoms with Crippen LogP contribution >= 0.6 is 0 Å². The maximum Gasteiger partial charge on any atom is 0.162 e. The second-order valence-corrected chi connectivity index (χ2v) is 6.19. The van der Waals surface area contributed by atoms with Gasteiger partial charge >= 0.3 is 0 Å². The highest BCUT2D eigenvalue weighted by molar-refractivity contribution is 5.83. The molecule has 1 saturated heterocycles. The molecule has 18 heavy (non-hydrogen) atoms. The standard InChI is InChI=1S/C15H28O3/c1-5-17-14(15(2,3)4)13(16)10-6-8-12-9-7-11-18-12/h12,14H,5-11H2,1-4H3. The first-order valence-electron chi connectivity index (χ1n) is 7.21. The van der Waals surface area contributed by atoms with Crippen LogP contribution in [-0.4, -0.2) is 31.2 Å². The van der Waals surface area contributed by atoms with E-state index >= 15 is 0 Å². The van der Waals surface area contributed by atoms with Crippen LogP contribution in [-0.2, 0) is 14.3 Å². The first kappa shape index (κ1) is 15.6. The van der Waals surface area contributed by atoms with Crippen molar-refractivity contribution < 1.29 is 14.3 Å². The lowest BCUT2D eigenvalue weighted by molar-refractivity contribution is -0.137. The first-order chi connectivity index (χ1) is 8.45. The van der Waals surface area contributed by atoms with Crippen molar-refractivity contribution in [3.8, 4) is 0 Å². The lowest BCUT2D eigenvalue weighted by Crippen LogP contribution is -2.37. The fourth-order valence-corrected chi connectivity index (χ4v) is 2.50. The Morgan fingerprint density at radius 2 is 2.17 bits per heavy atom. The Balaban J connectivity index is 2.32. The summed E-state index contributed by atoms with van der Waals surface area (Å²) in [6.45, 7) is 9.61. The summed E-state index contributed by atoms with van der Waals surface area (Å²) in [7, 11) is 0. The molecule has 1 fully saturated rings. The van der Waals surface area contributed by atoms with E-state index in [1.165, 1.54) is 6.42 Å². The van der Waals surface area contributed by atoms with E-state index in [2.05, 4.69) is 20.8 Å². The van der Waals surface area contributed by atoms with Gasteiger partial charge in [-0.3, -0.25) is 4.79 Å². The van der Waals surface area contributed by atoms with Gasteiger partial charge in [-0.2, -0.15) is 0 Å². The van der Waals surface area contributed by atoms with Crippen molar-refractivity contribution in [3.63, 3.8) is 0 Å². The van der Waals surface area contributed by atoms with Gasteiger partial charge in [0.25, 0.3) is 0 Å². The highest BCUT2D eigenvalue weighted by Crippen LogP contribution is 2.25. The quantitative estimate of drug-likeness (QED) is 0.700. The van der Waals surface area contributed by atoms with E-state index in [-0.39, 0.29) is 17.3 Å². The topological polar surface area (TPSA) is 35.5 Å². The lowest BCUT2D eigenvalue weighted by atomic mass is 9.85. The molecule has 0 radical (unpaired) electrons. The van der Waals surface area contributed by atoms with E-state index in [1.807, 2.05) is 6.92 Å². The lowest BCUT2D eigenvalue weighted by Gasteiger charge is -2.29. The summed E-state index contributed by atoms with van der Waals surface area (Å²) >= 11 is 0. The van der Waals surface area contributed by atoms with Gasteiger partial charge in [0.1, 0.15) is 6.10 Å². The zero-order valence-electron chi connectivity index (χ0n) is 12.3. The molecule has 3 nitrogen and oxygen atoms in total. The Bertz CT molecular complexity index is 249. The molecule has 0 aromatic heterocycles. The summed E-state index contributed by atoms with van der Waals surface area (Å²) in [5.41, 5.74) is -0.114. The molecule has 0 amide bonds. The second-order valence-electron chi connectivity index (χ2n) is 6.19. The molecule has 0 N–H and O–H groups in total. The second kappa shape index (κ2) is 7.25. The van der Waals surface area contributed by atoms with Gasteiger partial charge < -0.3 is 9.47 Å². The van der Waals surface area contributed by atoms with E-state index in [9.17, 15) is 4.79 Å². The molecule has 2 atom stereocenters. The first-order valence-corrected chi connectivity index (χ1v) is 7.21. The van der Waals surface area contributed by atoms with Gasteiger partial charge in [-0.1, -0.05) is 20.8 Å². The van der Waals surface area contributed by atoms with Gasteiger partial charge in [0.2, 0.25) is 0 Å². The minimum atomic E-state index is -0.271. The van der Waals surface area contributed by atoms with Gasteiger partial charge in [0, 0.05) is 19.6 Å². The van der Waals surface area contributed by atoms with Crippen LogP contribution in [0, 0.1) is 5.41 Å². The van der Waals surface area contributed by atoms with Crippen LogP contribution in [0.15, 0.2) is 0 Å². The van der Waals surface area contributed by atoms with E-state index < -0.39 is 0 Å². The van der Waals surface area contributed by atoms with Crippen LogP contribution in [0.4, 0.5) is 0 Å². The van der Waals surface area contributed by atoms with Crippen LogP contribution in [0.5, 0.6) is 0 Å². The van der Waals surface area contributed by atoms with Crippen molar-refractivity contribution in [1.29, 1.82) is 0 Å². The monoisotopic (exact) mass is 256 g/mol. The maximum absolute atomic E-state index is 12.2. The van der Waals surface area contributed by atoms with Crippen molar-refractivity contribution in [2.75, 3.05) is 13.2 Å². The normalized spacial score (nSPS) is 22.1. The molecule has 2 unspecified atom stereocenters. The molecule has 1 heterocycles. The Labute approximate surface area is 111 Å². The summed E-state index contributed by atoms with van der Waals surface area (Å²) in [4.78, 5) is 12.2. The molecule has 0 bridgehead atoms. The van der Waals surface area contributed by atoms with Crippen molar-refractivity contribution in [1.82, 2.24) is 0 Å². The van der Waals surface area contributed by atoms with Gasteiger partial charge in [0.15, 0.2) is 5.78 Å². The van der Waals surface area contributed by atoms with Gasteiger partial charge in [-0.15, -0.1) is 0 Å². The van der Waals surface area contributed by atoms with E-state index in [1.54, 1.807) is 0 Å². The Kier molecular flexibility index (Phi) is 6.30. The zero-order chi connectivity index (χ0) is 13.6. The molecule has 0 aromatic rings. The fourth-order valence-electron chi connectivity index (χ4n) is 2.50. The average Bonchev–Trinajstić information content (AvgIpc) is 2.77. The fraction of sp³-hybridized carbons (Fsp3) is 0.933. The minimum Gasteiger partial charge on any atom is -0.378 e. The molecule has 0 saturated carbocycles. The number of hydrogen-bond acceptors (Lipinski definition) is 3. The SMILES string of the molecule is CCOC(C(=O)CCCC1CCCO1)C(C)(C)C. The van der Waals surface area contributed by atoms with Gasteiger partial charge in [-0.05, 0) is 38.0 Å². The number of hydrogen-bond donors (Lipinski definition) is 0. The summed E-state index contributed by atoms with van der Waals surface area (Å²) in [6, 6.07) is 0. The minimum absolute atomic E-state index is 0.114. The van der Waals surface area contributed by atoms with Crippen LogP contribution in [0.3, 0.4) is 0 Å². The van der Waals surface area contributed by atoms with E-state index in [0.29, 0.717) is 19.1 Å². The number of rotatable bonds is 7. The Morgan fingerprint density at radius 3 is 2.67 bits per heavy atom. The molecule has 0 spiro atoms. The molecule has 1 rings (SSSR count). The van der Waals surface area contributed by atoms with Gasteiger partial charge in [-0.25, -0.2) is 0 Å². The van der Waals surface area contributed by atoms with Crippen molar-refractivity contribution in [2.45, 2.75) is 72.0 Å². The van der Waals surface area contributed by atoms with E-state index in [4.69, 9.17) is 9.47 Å². The smallest absolute Gasteiger partial charge is 0.162 e. The summed E-state index contributed by atoms with van der Waals surface area (Å²) in [6.07, 6.45) is 4.98. The number of carbonyl (C=O) groups is 1. The largest absolute Gasteiger partial charge is 0.378 e. The highest BCUT2D eigenvalue weighted by atomic mass is 16.5. The Morgan fingerprint density at radius 1 is 1.44 bits per heavy atom. The Hall–Kier alpha value is -0.410. The van der Waals surface area contributed by atoms with Crippen molar-refractivity contribution in [3.05, 3.63) is 0 Å². The molecule has 1 aliphatic heterocycles. The average molecular weight is 256 g/mol. The van der Waals surface area contributed by atoms with Crippen LogP contribution in [0.1, 0.15) is 59.8 Å². The molecule has 106 valence electrons. The zero-order valence-corrected chi connectivity index (χ0v) is 12.3. The van der Waals surface area contributed by atoms with Crippen LogP contribution in [0.25, 0.3) is 0 Å². The number of ether oxygens (including phenoxy) is 2. The molecule has 1 aliphatic rings. The summed E-state index contributed by atoms with van der Waals surface area (Å²) < 4.78 is 11.2. The van der Waals surface area contributed by atoms with Crippen LogP contribution in [0.2, 0.25) is 0 Å². The third-order valence-electron chi connectivity index (χ3n) is 3.39. The van der Waals surface area contributed by atoms with Crippen molar-refractivity contribution in [2.24, 2.45) is 5.41 Å². The third-order valence-corrected chi connectivity index (χ3v) is 3.39. The van der Waals surface area contributed by atoms with E-state index in [0.717, 1.165) is 25.9 Å². The molecule has 0 aromatic carbocycles.